The molecule has 2 aromatic carbocycles. The Morgan fingerprint density at radius 2 is 0.960 bits per heavy atom. The molecular weight excluding hydrogens is 340 g/mol. The van der Waals surface area contributed by atoms with Crippen LogP contribution in [0.4, 0.5) is 22.7 Å². The van der Waals surface area contributed by atoms with Crippen LogP contribution in [0.2, 0.25) is 0 Å². The van der Waals surface area contributed by atoms with Gasteiger partial charge in [-0.2, -0.15) is 0 Å². The normalized spacial score (nSPS) is 10.2. The molecule has 0 radical (unpaired) electrons. The molecule has 2 aromatic rings. The Morgan fingerprint density at radius 1 is 0.600 bits per heavy atom. The predicted molar refractivity (Wildman–Crippen MR) is 82.3 cm³/mol. The molecule has 0 fully saturated rings. The van der Waals surface area contributed by atoms with Crippen LogP contribution in [-0.2, 0) is 6.42 Å². The smallest absolute Gasteiger partial charge is 0.258 e. The molecule has 2 rings (SSSR count). The van der Waals surface area contributed by atoms with E-state index in [2.05, 4.69) is 0 Å². The van der Waals surface area contributed by atoms with Crippen LogP contribution in [-0.4, -0.2) is 19.7 Å². The summed E-state index contributed by atoms with van der Waals surface area (Å²) in [7, 11) is 0. The first-order valence-corrected chi connectivity index (χ1v) is 6.54. The van der Waals surface area contributed by atoms with Gasteiger partial charge in [0.2, 0.25) is 0 Å². The van der Waals surface area contributed by atoms with Gasteiger partial charge in [-0.1, -0.05) is 0 Å². The van der Waals surface area contributed by atoms with Crippen LogP contribution in [0.5, 0.6) is 0 Å². The van der Waals surface area contributed by atoms with E-state index in [0.717, 1.165) is 36.4 Å². The van der Waals surface area contributed by atoms with E-state index in [1.807, 2.05) is 0 Å². The molecule has 0 unspecified atom stereocenters. The Balaban J connectivity index is 2.61. The molecule has 0 aliphatic rings. The van der Waals surface area contributed by atoms with Crippen molar-refractivity contribution in [3.05, 3.63) is 88.0 Å². The highest BCUT2D eigenvalue weighted by Crippen LogP contribution is 2.31. The van der Waals surface area contributed by atoms with Crippen molar-refractivity contribution in [2.24, 2.45) is 0 Å². The SMILES string of the molecule is O=[N+]([O-])c1ccc([N+](=O)[O-])c(Cc2cc([N+](=O)[O-])ccc2[N+](=O)[O-])c1. The molecule has 0 heterocycles. The number of non-ortho nitro benzene ring substituents is 2. The Labute approximate surface area is 137 Å². The highest BCUT2D eigenvalue weighted by molar-refractivity contribution is 5.55. The minimum Gasteiger partial charge on any atom is -0.258 e. The average Bonchev–Trinajstić information content (AvgIpc) is 2.54. The predicted octanol–water partition coefficient (Wildman–Crippen LogP) is 2.91. The quantitative estimate of drug-likeness (QED) is 0.565. The molecule has 0 aromatic heterocycles. The summed E-state index contributed by atoms with van der Waals surface area (Å²) in [6, 6.07) is 5.53. The van der Waals surface area contributed by atoms with E-state index >= 15 is 0 Å². The summed E-state index contributed by atoms with van der Waals surface area (Å²) in [6.45, 7) is 0. The first-order valence-electron chi connectivity index (χ1n) is 6.54. The molecule has 0 aliphatic carbocycles. The summed E-state index contributed by atoms with van der Waals surface area (Å²) >= 11 is 0. The second-order valence-corrected chi connectivity index (χ2v) is 4.83. The zero-order valence-electron chi connectivity index (χ0n) is 12.2. The van der Waals surface area contributed by atoms with E-state index in [4.69, 9.17) is 0 Å². The number of rotatable bonds is 6. The van der Waals surface area contributed by atoms with E-state index in [1.165, 1.54) is 0 Å². The second kappa shape index (κ2) is 6.66. The topological polar surface area (TPSA) is 173 Å². The maximum absolute atomic E-state index is 11.1. The van der Waals surface area contributed by atoms with Crippen molar-refractivity contribution >= 4 is 22.7 Å². The van der Waals surface area contributed by atoms with Crippen LogP contribution in [0.25, 0.3) is 0 Å². The van der Waals surface area contributed by atoms with Crippen molar-refractivity contribution in [2.75, 3.05) is 0 Å². The number of nitrogens with zero attached hydrogens (tertiary/aromatic N) is 4. The number of nitro groups is 4. The summed E-state index contributed by atoms with van der Waals surface area (Å²) in [6.07, 6.45) is -0.448. The molecule has 0 saturated heterocycles. The zero-order chi connectivity index (χ0) is 18.7. The lowest BCUT2D eigenvalue weighted by Gasteiger charge is -2.05. The van der Waals surface area contributed by atoms with Gasteiger partial charge >= 0.3 is 0 Å². The van der Waals surface area contributed by atoms with Crippen molar-refractivity contribution in [3.63, 3.8) is 0 Å². The molecule has 0 amide bonds. The molecule has 0 bridgehead atoms. The van der Waals surface area contributed by atoms with E-state index in [1.54, 1.807) is 0 Å². The lowest BCUT2D eigenvalue weighted by atomic mass is 10.0. The standard InChI is InChI=1S/C13H8N4O8/c18-14(19)10-1-3-12(16(22)23)8(6-10)5-9-7-11(15(20)21)2-4-13(9)17(24)25/h1-4,6-7H,5H2. The highest BCUT2D eigenvalue weighted by Gasteiger charge is 2.24. The van der Waals surface area contributed by atoms with Gasteiger partial charge in [0.25, 0.3) is 22.7 Å². The molecule has 0 N–H and O–H groups in total. The fourth-order valence-electron chi connectivity index (χ4n) is 2.22. The summed E-state index contributed by atoms with van der Waals surface area (Å²) in [4.78, 5) is 40.7. The van der Waals surface area contributed by atoms with E-state index < -0.39 is 48.9 Å². The molecular formula is C13H8N4O8. The van der Waals surface area contributed by atoms with Crippen molar-refractivity contribution in [1.82, 2.24) is 0 Å². The van der Waals surface area contributed by atoms with E-state index in [-0.39, 0.29) is 11.1 Å². The van der Waals surface area contributed by atoms with Gasteiger partial charge in [0.05, 0.1) is 19.7 Å². The van der Waals surface area contributed by atoms with E-state index in [0.29, 0.717) is 0 Å². The van der Waals surface area contributed by atoms with Crippen molar-refractivity contribution in [3.8, 4) is 0 Å². The van der Waals surface area contributed by atoms with Gasteiger partial charge < -0.3 is 0 Å². The van der Waals surface area contributed by atoms with Gasteiger partial charge in [0.1, 0.15) is 0 Å². The van der Waals surface area contributed by atoms with Gasteiger partial charge in [-0.3, -0.25) is 40.5 Å². The summed E-state index contributed by atoms with van der Waals surface area (Å²) < 4.78 is 0. The van der Waals surface area contributed by atoms with Crippen molar-refractivity contribution in [1.29, 1.82) is 0 Å². The number of hydrogen-bond donors (Lipinski definition) is 0. The van der Waals surface area contributed by atoms with Crippen LogP contribution >= 0.6 is 0 Å². The number of benzene rings is 2. The maximum atomic E-state index is 11.1. The molecule has 0 spiro atoms. The zero-order valence-corrected chi connectivity index (χ0v) is 12.2. The number of nitro benzene ring substituents is 4. The lowest BCUT2D eigenvalue weighted by Crippen LogP contribution is -2.02. The summed E-state index contributed by atoms with van der Waals surface area (Å²) in [5.74, 6) is 0. The average molecular weight is 348 g/mol. The fourth-order valence-corrected chi connectivity index (χ4v) is 2.22. The van der Waals surface area contributed by atoms with Gasteiger partial charge in [-0.05, 0) is 0 Å². The number of hydrogen-bond acceptors (Lipinski definition) is 8. The second-order valence-electron chi connectivity index (χ2n) is 4.83. The largest absolute Gasteiger partial charge is 0.273 e. The van der Waals surface area contributed by atoms with Crippen molar-refractivity contribution < 1.29 is 19.7 Å². The molecule has 0 saturated carbocycles. The van der Waals surface area contributed by atoms with Gasteiger partial charge in [-0.15, -0.1) is 0 Å². The fraction of sp³-hybridized carbons (Fsp3) is 0.0769. The first kappa shape index (κ1) is 17.4. The van der Waals surface area contributed by atoms with Crippen LogP contribution in [0, 0.1) is 40.5 Å². The Hall–Kier alpha value is -3.96. The third kappa shape index (κ3) is 3.69. The molecule has 0 aliphatic heterocycles. The summed E-state index contributed by atoms with van der Waals surface area (Å²) in [5, 5.41) is 43.8. The van der Waals surface area contributed by atoms with Crippen molar-refractivity contribution in [2.45, 2.75) is 6.42 Å². The Morgan fingerprint density at radius 3 is 1.24 bits per heavy atom. The third-order valence-corrected chi connectivity index (χ3v) is 3.32. The summed E-state index contributed by atoms with van der Waals surface area (Å²) in [5.41, 5.74) is -2.16. The third-order valence-electron chi connectivity index (χ3n) is 3.32. The van der Waals surface area contributed by atoms with Gasteiger partial charge in [0.15, 0.2) is 0 Å². The molecule has 0 atom stereocenters. The maximum Gasteiger partial charge on any atom is 0.273 e. The van der Waals surface area contributed by atoms with Crippen LogP contribution < -0.4 is 0 Å². The minimum atomic E-state index is -0.789. The van der Waals surface area contributed by atoms with Crippen LogP contribution in [0.1, 0.15) is 11.1 Å². The first-order chi connectivity index (χ1) is 11.7. The lowest BCUT2D eigenvalue weighted by molar-refractivity contribution is -0.390. The van der Waals surface area contributed by atoms with Gasteiger partial charge in [-0.25, -0.2) is 0 Å². The highest BCUT2D eigenvalue weighted by atomic mass is 16.6. The van der Waals surface area contributed by atoms with Crippen LogP contribution in [0.15, 0.2) is 36.4 Å². The van der Waals surface area contributed by atoms with E-state index in [9.17, 15) is 40.5 Å². The Bertz CT molecular complexity index is 837. The molecule has 25 heavy (non-hydrogen) atoms. The molecule has 12 nitrogen and oxygen atoms in total. The van der Waals surface area contributed by atoms with Gasteiger partial charge in [0, 0.05) is 53.9 Å². The molecule has 12 heteroatoms. The Kier molecular flexibility index (Phi) is 4.63. The minimum absolute atomic E-state index is 0.164. The monoisotopic (exact) mass is 348 g/mol. The molecule has 128 valence electrons. The van der Waals surface area contributed by atoms with Crippen LogP contribution in [0.3, 0.4) is 0 Å².